The number of rotatable bonds is 4. The Hall–Kier alpha value is 0.716. The number of aliphatic hydroxyl groups is 3. The van der Waals surface area contributed by atoms with Crippen LogP contribution in [0.25, 0.3) is 0 Å². The van der Waals surface area contributed by atoms with E-state index in [0.717, 1.165) is 10.8 Å². The summed E-state index contributed by atoms with van der Waals surface area (Å²) < 4.78 is 12.6. The average Bonchev–Trinajstić information content (AvgIpc) is 3.02. The topological polar surface area (TPSA) is 60.7 Å². The van der Waals surface area contributed by atoms with Crippen molar-refractivity contribution in [2.45, 2.75) is 48.0 Å². The zero-order chi connectivity index (χ0) is 18.0. The first-order chi connectivity index (χ1) is 10.2. The van der Waals surface area contributed by atoms with Crippen LogP contribution < -0.4 is 0 Å². The molecule has 0 fully saturated rings. The molecule has 1 aliphatic carbocycles. The Morgan fingerprint density at radius 3 is 1.35 bits per heavy atom. The first-order valence-electron chi connectivity index (χ1n) is 7.89. The second-order valence-corrected chi connectivity index (χ2v) is 8.33. The maximum atomic E-state index is 11.7. The number of aliphatic hydroxyl groups excluding tert-OH is 3. The van der Waals surface area contributed by atoms with Gasteiger partial charge in [0.25, 0.3) is 0 Å². The van der Waals surface area contributed by atoms with Crippen molar-refractivity contribution in [1.82, 2.24) is 0 Å². The zero-order valence-electron chi connectivity index (χ0n) is 15.6. The van der Waals surface area contributed by atoms with Crippen LogP contribution in [0.1, 0.15) is 48.0 Å². The van der Waals surface area contributed by atoms with Crippen LogP contribution in [0.4, 0.5) is 3.50 Å². The van der Waals surface area contributed by atoms with Crippen molar-refractivity contribution in [2.24, 2.45) is 17.8 Å². The van der Waals surface area contributed by atoms with E-state index in [-0.39, 0.29) is 26.2 Å². The van der Waals surface area contributed by atoms with Crippen molar-refractivity contribution in [3.63, 3.8) is 0 Å². The van der Waals surface area contributed by atoms with Crippen molar-refractivity contribution in [3.8, 4) is 0 Å². The second kappa shape index (κ2) is 25.0. The summed E-state index contributed by atoms with van der Waals surface area (Å²) in [6.45, 7) is 12.7. The molecule has 0 aromatic rings. The molecule has 1 aliphatic rings. The Labute approximate surface area is 168 Å². The van der Waals surface area contributed by atoms with Crippen LogP contribution in [0, 0.1) is 23.8 Å². The average molecular weight is 471 g/mol. The molecular weight excluding hydrogens is 435 g/mol. The standard InChI is InChI=1S/C5H6FGe.3C4H10O.Zr/c6-7-5-3-1-2-4-5;3*1-4(2)3-5;/h1,3H,2,7H2;3*4-5H,3H2,1-2H3;/q-1;;;;. The van der Waals surface area contributed by atoms with Crippen LogP contribution in [-0.4, -0.2) is 51.0 Å². The predicted molar refractivity (Wildman–Crippen MR) is 95.9 cm³/mol. The molecule has 1 rings (SSSR count). The summed E-state index contributed by atoms with van der Waals surface area (Å²) >= 11 is -1.75. The molecule has 0 unspecified atom stereocenters. The van der Waals surface area contributed by atoms with E-state index in [2.05, 4.69) is 6.08 Å². The molecule has 6 heteroatoms. The first-order valence-corrected chi connectivity index (χ1v) is 10.5. The molecule has 3 N–H and O–H groups in total. The van der Waals surface area contributed by atoms with E-state index >= 15 is 0 Å². The van der Waals surface area contributed by atoms with Crippen LogP contribution in [0.15, 0.2) is 16.6 Å². The SMILES string of the molecule is CC(C)CO.CC(C)CO.CC(C)CO.[F][GeH2][C]1=[C-]CC=C1.[Zr]. The fourth-order valence-electron chi connectivity index (χ4n) is 0.542. The van der Waals surface area contributed by atoms with Crippen LogP contribution in [0.3, 0.4) is 0 Å². The Kier molecular flexibility index (Phi) is 34.2. The van der Waals surface area contributed by atoms with Crippen LogP contribution in [0.2, 0.25) is 0 Å². The maximum absolute atomic E-state index is 11.7. The molecular formula is C17H36FGeO3Zr-. The Bertz CT molecular complexity index is 252. The van der Waals surface area contributed by atoms with Gasteiger partial charge >= 0.3 is 48.5 Å². The third-order valence-electron chi connectivity index (χ3n) is 2.01. The van der Waals surface area contributed by atoms with Gasteiger partial charge in [-0.3, -0.25) is 0 Å². The molecule has 0 saturated heterocycles. The van der Waals surface area contributed by atoms with Crippen molar-refractivity contribution in [3.05, 3.63) is 22.6 Å². The van der Waals surface area contributed by atoms with E-state index in [0.29, 0.717) is 37.6 Å². The number of hydrogen-bond donors (Lipinski definition) is 3. The summed E-state index contributed by atoms with van der Waals surface area (Å²) in [5.41, 5.74) is 0. The minimum absolute atomic E-state index is 0. The van der Waals surface area contributed by atoms with Crippen molar-refractivity contribution in [1.29, 1.82) is 0 Å². The van der Waals surface area contributed by atoms with Gasteiger partial charge in [-0.15, -0.1) is 0 Å². The molecule has 0 heterocycles. The summed E-state index contributed by atoms with van der Waals surface area (Å²) in [6.07, 6.45) is 7.55. The summed E-state index contributed by atoms with van der Waals surface area (Å²) in [4.78, 5) is 0. The van der Waals surface area contributed by atoms with Gasteiger partial charge in [-0.1, -0.05) is 41.5 Å². The van der Waals surface area contributed by atoms with E-state index in [1.54, 1.807) is 0 Å². The molecule has 0 aliphatic heterocycles. The number of hydrogen-bond acceptors (Lipinski definition) is 3. The molecule has 0 radical (unpaired) electrons. The van der Waals surface area contributed by atoms with Gasteiger partial charge in [-0.05, 0) is 17.8 Å². The fraction of sp³-hybridized carbons (Fsp3) is 0.765. The van der Waals surface area contributed by atoms with Crippen molar-refractivity contribution in [2.75, 3.05) is 19.8 Å². The molecule has 23 heavy (non-hydrogen) atoms. The van der Waals surface area contributed by atoms with Crippen molar-refractivity contribution < 1.29 is 45.0 Å². The molecule has 0 aromatic heterocycles. The fourth-order valence-corrected chi connectivity index (χ4v) is 1.58. The third kappa shape index (κ3) is 39.5. The summed E-state index contributed by atoms with van der Waals surface area (Å²) in [5, 5.41) is 24.4. The molecule has 0 bridgehead atoms. The summed E-state index contributed by atoms with van der Waals surface area (Å²) in [6, 6.07) is 0. The molecule has 0 atom stereocenters. The monoisotopic (exact) mass is 471 g/mol. The van der Waals surface area contributed by atoms with E-state index in [1.807, 2.05) is 53.7 Å². The van der Waals surface area contributed by atoms with Gasteiger partial charge in [0, 0.05) is 46.0 Å². The van der Waals surface area contributed by atoms with Gasteiger partial charge in [-0.25, -0.2) is 0 Å². The Morgan fingerprint density at radius 1 is 0.957 bits per heavy atom. The van der Waals surface area contributed by atoms with Crippen LogP contribution in [0.5, 0.6) is 0 Å². The van der Waals surface area contributed by atoms with Gasteiger partial charge in [0.2, 0.25) is 0 Å². The summed E-state index contributed by atoms with van der Waals surface area (Å²) in [7, 11) is 0. The molecule has 0 spiro atoms. The quantitative estimate of drug-likeness (QED) is 0.437. The smallest absolute Gasteiger partial charge is 0 e. The largest absolute Gasteiger partial charge is 0 e. The molecule has 3 nitrogen and oxygen atoms in total. The number of halogens is 1. The normalized spacial score (nSPS) is 12.1. The van der Waals surface area contributed by atoms with Gasteiger partial charge < -0.3 is 15.3 Å². The first kappa shape index (κ1) is 31.5. The van der Waals surface area contributed by atoms with E-state index in [4.69, 9.17) is 15.3 Å². The van der Waals surface area contributed by atoms with Crippen molar-refractivity contribution >= 4 is 15.9 Å². The van der Waals surface area contributed by atoms with Gasteiger partial charge in [-0.2, -0.15) is 0 Å². The predicted octanol–water partition coefficient (Wildman–Crippen LogP) is 2.59. The minimum Gasteiger partial charge on any atom is 0 e. The summed E-state index contributed by atoms with van der Waals surface area (Å²) in [5.74, 6) is 1.32. The van der Waals surface area contributed by atoms with E-state index in [9.17, 15) is 3.50 Å². The third-order valence-corrected chi connectivity index (χ3v) is 3.63. The van der Waals surface area contributed by atoms with Crippen LogP contribution >= 0.6 is 0 Å². The maximum Gasteiger partial charge on any atom is 0 e. The minimum atomic E-state index is -1.75. The molecule has 0 amide bonds. The number of allylic oxidation sites excluding steroid dienone is 4. The van der Waals surface area contributed by atoms with Crippen LogP contribution in [-0.2, 0) is 26.2 Å². The Balaban J connectivity index is -0.000000105. The molecule has 138 valence electrons. The van der Waals surface area contributed by atoms with E-state index in [1.165, 1.54) is 0 Å². The second-order valence-electron chi connectivity index (χ2n) is 6.17. The van der Waals surface area contributed by atoms with E-state index < -0.39 is 15.9 Å². The molecule has 0 saturated carbocycles. The van der Waals surface area contributed by atoms with Gasteiger partial charge in [0.1, 0.15) is 0 Å². The van der Waals surface area contributed by atoms with Gasteiger partial charge in [0.05, 0.1) is 0 Å². The van der Waals surface area contributed by atoms with Gasteiger partial charge in [0.15, 0.2) is 0 Å². The Morgan fingerprint density at radius 2 is 1.26 bits per heavy atom. The zero-order valence-corrected chi connectivity index (χ0v) is 21.1. The molecule has 0 aromatic carbocycles.